The molecule has 2 rings (SSSR count). The average Bonchev–Trinajstić information content (AvgIpc) is 2.77. The van der Waals surface area contributed by atoms with Crippen molar-refractivity contribution in [1.82, 2.24) is 15.2 Å². The lowest BCUT2D eigenvalue weighted by atomic mass is 10.0. The molecular formula is C13H21N3O. The lowest BCUT2D eigenvalue weighted by Crippen LogP contribution is -2.58. The van der Waals surface area contributed by atoms with E-state index < -0.39 is 0 Å². The maximum absolute atomic E-state index is 12.1. The van der Waals surface area contributed by atoms with E-state index in [-0.39, 0.29) is 11.4 Å². The van der Waals surface area contributed by atoms with E-state index in [1.54, 1.807) is 0 Å². The molecule has 1 aromatic heterocycles. The van der Waals surface area contributed by atoms with Gasteiger partial charge in [-0.2, -0.15) is 0 Å². The van der Waals surface area contributed by atoms with Gasteiger partial charge < -0.3 is 15.2 Å². The van der Waals surface area contributed by atoms with Gasteiger partial charge in [-0.1, -0.05) is 0 Å². The van der Waals surface area contributed by atoms with Crippen molar-refractivity contribution in [2.75, 3.05) is 19.6 Å². The molecule has 1 saturated heterocycles. The fourth-order valence-electron chi connectivity index (χ4n) is 2.28. The van der Waals surface area contributed by atoms with Crippen LogP contribution in [-0.2, 0) is 11.2 Å². The standard InChI is InChI=1S/C13H21N3O/c1-13(2)10-16(8-7-15-13)12(17)4-3-11-5-6-14-9-11/h5-6,9,14-15H,3-4,7-8,10H2,1-2H3. The first kappa shape index (κ1) is 12.2. The zero-order valence-electron chi connectivity index (χ0n) is 10.6. The van der Waals surface area contributed by atoms with Gasteiger partial charge in [-0.3, -0.25) is 4.79 Å². The van der Waals surface area contributed by atoms with Crippen molar-refractivity contribution in [2.45, 2.75) is 32.2 Å². The van der Waals surface area contributed by atoms with E-state index in [1.165, 1.54) is 5.56 Å². The van der Waals surface area contributed by atoms with Crippen molar-refractivity contribution in [2.24, 2.45) is 0 Å². The molecule has 1 aliphatic rings. The number of aromatic nitrogens is 1. The average molecular weight is 235 g/mol. The van der Waals surface area contributed by atoms with Gasteiger partial charge in [0.2, 0.25) is 5.91 Å². The van der Waals surface area contributed by atoms with Gasteiger partial charge in [-0.05, 0) is 31.9 Å². The van der Waals surface area contributed by atoms with Crippen LogP contribution in [0.15, 0.2) is 18.5 Å². The Hall–Kier alpha value is -1.29. The van der Waals surface area contributed by atoms with Gasteiger partial charge in [-0.15, -0.1) is 0 Å². The van der Waals surface area contributed by atoms with Crippen molar-refractivity contribution in [3.8, 4) is 0 Å². The Kier molecular flexibility index (Phi) is 3.52. The van der Waals surface area contributed by atoms with E-state index in [4.69, 9.17) is 0 Å². The van der Waals surface area contributed by atoms with Gasteiger partial charge in [0.1, 0.15) is 0 Å². The Bertz CT molecular complexity index is 370. The second-order valence-electron chi connectivity index (χ2n) is 5.35. The normalized spacial score (nSPS) is 19.3. The van der Waals surface area contributed by atoms with Crippen LogP contribution < -0.4 is 5.32 Å². The molecule has 94 valence electrons. The Morgan fingerprint density at radius 1 is 1.53 bits per heavy atom. The molecular weight excluding hydrogens is 214 g/mol. The third-order valence-electron chi connectivity index (χ3n) is 3.21. The highest BCUT2D eigenvalue weighted by atomic mass is 16.2. The summed E-state index contributed by atoms with van der Waals surface area (Å²) in [6, 6.07) is 2.02. The van der Waals surface area contributed by atoms with Crippen molar-refractivity contribution in [3.05, 3.63) is 24.0 Å². The van der Waals surface area contributed by atoms with Crippen LogP contribution in [0.25, 0.3) is 0 Å². The zero-order chi connectivity index (χ0) is 12.3. The number of aromatic amines is 1. The van der Waals surface area contributed by atoms with E-state index in [0.29, 0.717) is 6.42 Å². The predicted molar refractivity (Wildman–Crippen MR) is 67.8 cm³/mol. The van der Waals surface area contributed by atoms with E-state index in [2.05, 4.69) is 24.1 Å². The van der Waals surface area contributed by atoms with Crippen molar-refractivity contribution >= 4 is 5.91 Å². The molecule has 0 saturated carbocycles. The van der Waals surface area contributed by atoms with Crippen LogP contribution in [0.3, 0.4) is 0 Å². The molecule has 2 N–H and O–H groups in total. The summed E-state index contributed by atoms with van der Waals surface area (Å²) in [4.78, 5) is 17.1. The second-order valence-corrected chi connectivity index (χ2v) is 5.35. The molecule has 1 fully saturated rings. The Labute approximate surface area is 102 Å². The van der Waals surface area contributed by atoms with E-state index in [1.807, 2.05) is 23.4 Å². The summed E-state index contributed by atoms with van der Waals surface area (Å²) in [7, 11) is 0. The number of piperazine rings is 1. The molecule has 0 bridgehead atoms. The van der Waals surface area contributed by atoms with Crippen LogP contribution in [-0.4, -0.2) is 41.0 Å². The number of hydrogen-bond acceptors (Lipinski definition) is 2. The summed E-state index contributed by atoms with van der Waals surface area (Å²) < 4.78 is 0. The maximum Gasteiger partial charge on any atom is 0.223 e. The first-order chi connectivity index (χ1) is 8.07. The number of rotatable bonds is 3. The van der Waals surface area contributed by atoms with Gasteiger partial charge in [0.15, 0.2) is 0 Å². The Morgan fingerprint density at radius 2 is 2.35 bits per heavy atom. The van der Waals surface area contributed by atoms with Crippen LogP contribution in [0.1, 0.15) is 25.8 Å². The number of carbonyl (C=O) groups excluding carboxylic acids is 1. The summed E-state index contributed by atoms with van der Waals surface area (Å²) >= 11 is 0. The predicted octanol–water partition coefficient (Wildman–Crippen LogP) is 1.16. The molecule has 0 radical (unpaired) electrons. The largest absolute Gasteiger partial charge is 0.367 e. The molecule has 4 nitrogen and oxygen atoms in total. The first-order valence-electron chi connectivity index (χ1n) is 6.21. The van der Waals surface area contributed by atoms with Gasteiger partial charge in [0, 0.05) is 44.0 Å². The molecule has 0 unspecified atom stereocenters. The minimum Gasteiger partial charge on any atom is -0.367 e. The summed E-state index contributed by atoms with van der Waals surface area (Å²) in [5.41, 5.74) is 1.25. The fraction of sp³-hybridized carbons (Fsp3) is 0.615. The molecule has 1 amide bonds. The van der Waals surface area contributed by atoms with Crippen molar-refractivity contribution in [1.29, 1.82) is 0 Å². The lowest BCUT2D eigenvalue weighted by molar-refractivity contribution is -0.133. The molecule has 0 aliphatic carbocycles. The summed E-state index contributed by atoms with van der Waals surface area (Å²) in [6.45, 7) is 6.80. The summed E-state index contributed by atoms with van der Waals surface area (Å²) in [5, 5.41) is 3.41. The first-order valence-corrected chi connectivity index (χ1v) is 6.21. The van der Waals surface area contributed by atoms with Crippen LogP contribution in [0.2, 0.25) is 0 Å². The topological polar surface area (TPSA) is 48.1 Å². The number of hydrogen-bond donors (Lipinski definition) is 2. The van der Waals surface area contributed by atoms with Crippen LogP contribution in [0.5, 0.6) is 0 Å². The van der Waals surface area contributed by atoms with Gasteiger partial charge in [-0.25, -0.2) is 0 Å². The number of nitrogens with zero attached hydrogens (tertiary/aromatic N) is 1. The highest BCUT2D eigenvalue weighted by molar-refractivity contribution is 5.76. The van der Waals surface area contributed by atoms with Crippen LogP contribution in [0, 0.1) is 0 Å². The van der Waals surface area contributed by atoms with Gasteiger partial charge >= 0.3 is 0 Å². The molecule has 1 aromatic rings. The molecule has 0 spiro atoms. The quantitative estimate of drug-likeness (QED) is 0.826. The number of carbonyl (C=O) groups is 1. The number of H-pyrrole nitrogens is 1. The molecule has 1 aliphatic heterocycles. The van der Waals surface area contributed by atoms with E-state index in [0.717, 1.165) is 26.1 Å². The molecule has 0 aromatic carbocycles. The van der Waals surface area contributed by atoms with E-state index in [9.17, 15) is 4.79 Å². The second kappa shape index (κ2) is 4.92. The SMILES string of the molecule is CC1(C)CN(C(=O)CCc2cc[nH]c2)CCN1. The Balaban J connectivity index is 1.83. The number of amides is 1. The third-order valence-corrected chi connectivity index (χ3v) is 3.21. The van der Waals surface area contributed by atoms with Crippen LogP contribution in [0.4, 0.5) is 0 Å². The maximum atomic E-state index is 12.1. The molecule has 0 atom stereocenters. The highest BCUT2D eigenvalue weighted by Gasteiger charge is 2.28. The van der Waals surface area contributed by atoms with E-state index >= 15 is 0 Å². The fourth-order valence-corrected chi connectivity index (χ4v) is 2.28. The zero-order valence-corrected chi connectivity index (χ0v) is 10.6. The molecule has 17 heavy (non-hydrogen) atoms. The van der Waals surface area contributed by atoms with Crippen molar-refractivity contribution in [3.63, 3.8) is 0 Å². The minimum absolute atomic E-state index is 0.0436. The molecule has 4 heteroatoms. The van der Waals surface area contributed by atoms with Gasteiger partial charge in [0.25, 0.3) is 0 Å². The smallest absolute Gasteiger partial charge is 0.223 e. The molecule has 2 heterocycles. The summed E-state index contributed by atoms with van der Waals surface area (Å²) in [5.74, 6) is 0.265. The Morgan fingerprint density at radius 3 is 3.00 bits per heavy atom. The third kappa shape index (κ3) is 3.33. The minimum atomic E-state index is 0.0436. The lowest BCUT2D eigenvalue weighted by Gasteiger charge is -2.39. The van der Waals surface area contributed by atoms with Crippen molar-refractivity contribution < 1.29 is 4.79 Å². The number of aryl methyl sites for hydroxylation is 1. The van der Waals surface area contributed by atoms with Gasteiger partial charge in [0.05, 0.1) is 0 Å². The summed E-state index contributed by atoms with van der Waals surface area (Å²) in [6.07, 6.45) is 5.28. The number of nitrogens with one attached hydrogen (secondary N) is 2. The van der Waals surface area contributed by atoms with Crippen LogP contribution >= 0.6 is 0 Å². The monoisotopic (exact) mass is 235 g/mol. The highest BCUT2D eigenvalue weighted by Crippen LogP contribution is 2.12.